The predicted octanol–water partition coefficient (Wildman–Crippen LogP) is 7.48. The lowest BCUT2D eigenvalue weighted by Crippen LogP contribution is -2.67. The number of rotatable bonds is 4. The minimum Gasteiger partial charge on any atom is -0.481 e. The van der Waals surface area contributed by atoms with Crippen LogP contribution in [0, 0.1) is 50.7 Å². The number of hydrogen-bond acceptors (Lipinski definition) is 2. The van der Waals surface area contributed by atoms with Crippen LogP contribution in [-0.4, -0.2) is 22.3 Å². The van der Waals surface area contributed by atoms with Gasteiger partial charge in [-0.1, -0.05) is 53.7 Å². The van der Waals surface area contributed by atoms with Crippen LogP contribution in [-0.2, 0) is 4.79 Å². The summed E-state index contributed by atoms with van der Waals surface area (Å²) < 4.78 is 0. The lowest BCUT2D eigenvalue weighted by molar-refractivity contribution is -0.250. The van der Waals surface area contributed by atoms with E-state index in [0.717, 1.165) is 25.7 Å². The van der Waals surface area contributed by atoms with E-state index in [1.807, 2.05) is 0 Å². The van der Waals surface area contributed by atoms with Crippen LogP contribution >= 0.6 is 0 Å². The minimum absolute atomic E-state index is 0.00295. The molecule has 0 bridgehead atoms. The molecule has 4 saturated carbocycles. The molecule has 0 radical (unpaired) electrons. The van der Waals surface area contributed by atoms with Crippen LogP contribution in [0.2, 0.25) is 0 Å². The minimum atomic E-state index is -0.671. The Morgan fingerprint density at radius 1 is 0.879 bits per heavy atom. The Morgan fingerprint density at radius 3 is 2.06 bits per heavy atom. The van der Waals surface area contributed by atoms with Gasteiger partial charge in [0.2, 0.25) is 0 Å². The standard InChI is InChI=1S/C30H50O3/c1-19(2)20-11-15-29(7)22(27(20,5)14-13-24(31)32)9-10-23-28(6)18-17-26(3,4)25(33)21(28)12-16-30(23,29)8/h20-23,25,33H,1,9-18H2,2-8H3,(H,31,32)/t20-,21+,22-,23-,25+,27-,28+,29-,30-/m0/s1. The first-order chi connectivity index (χ1) is 15.1. The van der Waals surface area contributed by atoms with Gasteiger partial charge in [-0.15, -0.1) is 0 Å². The smallest absolute Gasteiger partial charge is 0.303 e. The van der Waals surface area contributed by atoms with Crippen molar-refractivity contribution < 1.29 is 15.0 Å². The van der Waals surface area contributed by atoms with Crippen LogP contribution < -0.4 is 0 Å². The summed E-state index contributed by atoms with van der Waals surface area (Å²) in [4.78, 5) is 11.6. The molecule has 0 spiro atoms. The third-order valence-electron chi connectivity index (χ3n) is 12.7. The van der Waals surface area contributed by atoms with E-state index in [2.05, 4.69) is 55.0 Å². The number of aliphatic carboxylic acids is 1. The van der Waals surface area contributed by atoms with Gasteiger partial charge >= 0.3 is 5.97 Å². The fraction of sp³-hybridized carbons (Fsp3) is 0.900. The number of fused-ring (bicyclic) bond motifs is 5. The lowest BCUT2D eigenvalue weighted by atomic mass is 9.32. The molecule has 0 aromatic heterocycles. The topological polar surface area (TPSA) is 57.5 Å². The van der Waals surface area contributed by atoms with Crippen molar-refractivity contribution in [1.29, 1.82) is 0 Å². The van der Waals surface area contributed by atoms with E-state index in [4.69, 9.17) is 0 Å². The highest BCUT2D eigenvalue weighted by atomic mass is 16.4. The lowest BCUT2D eigenvalue weighted by Gasteiger charge is -2.73. The van der Waals surface area contributed by atoms with Gasteiger partial charge in [-0.2, -0.15) is 0 Å². The SMILES string of the molecule is C=C(C)[C@@H]1CC[C@@]2(C)[C@@H](CC[C@H]3[C@]4(C)CCC(C)(C)[C@H](O)[C@H]4CC[C@@]32C)[C@@]1(C)CCC(=O)O. The molecule has 33 heavy (non-hydrogen) atoms. The Labute approximate surface area is 202 Å². The van der Waals surface area contributed by atoms with Crippen molar-refractivity contribution in [2.45, 2.75) is 119 Å². The van der Waals surface area contributed by atoms with Gasteiger partial charge in [-0.25, -0.2) is 0 Å². The van der Waals surface area contributed by atoms with Crippen LogP contribution in [0.3, 0.4) is 0 Å². The fourth-order valence-electron chi connectivity index (χ4n) is 10.6. The summed E-state index contributed by atoms with van der Waals surface area (Å²) in [5, 5.41) is 21.0. The maximum Gasteiger partial charge on any atom is 0.303 e. The average molecular weight is 459 g/mol. The highest BCUT2D eigenvalue weighted by Gasteiger charge is 2.69. The van der Waals surface area contributed by atoms with E-state index < -0.39 is 5.97 Å². The van der Waals surface area contributed by atoms with Gasteiger partial charge in [0.1, 0.15) is 0 Å². The van der Waals surface area contributed by atoms with Gasteiger partial charge in [0, 0.05) is 6.42 Å². The van der Waals surface area contributed by atoms with Gasteiger partial charge in [0.15, 0.2) is 0 Å². The third-order valence-corrected chi connectivity index (χ3v) is 12.7. The van der Waals surface area contributed by atoms with Crippen molar-refractivity contribution in [3.63, 3.8) is 0 Å². The number of aliphatic hydroxyl groups is 1. The van der Waals surface area contributed by atoms with Crippen LogP contribution in [0.25, 0.3) is 0 Å². The maximum atomic E-state index is 11.6. The van der Waals surface area contributed by atoms with Crippen molar-refractivity contribution in [2.75, 3.05) is 0 Å². The molecule has 4 aliphatic carbocycles. The Kier molecular flexibility index (Phi) is 6.00. The summed E-state index contributed by atoms with van der Waals surface area (Å²) in [5.74, 6) is 1.33. The summed E-state index contributed by atoms with van der Waals surface area (Å²) in [6.07, 6.45) is 10.3. The molecule has 0 aromatic carbocycles. The maximum absolute atomic E-state index is 11.6. The Hall–Kier alpha value is -0.830. The molecule has 0 aromatic rings. The van der Waals surface area contributed by atoms with E-state index in [1.54, 1.807) is 0 Å². The second-order valence-corrected chi connectivity index (χ2v) is 14.4. The normalized spacial score (nSPS) is 51.1. The monoisotopic (exact) mass is 458 g/mol. The summed E-state index contributed by atoms with van der Waals surface area (Å²) in [6.45, 7) is 21.1. The average Bonchev–Trinajstić information content (AvgIpc) is 2.71. The molecule has 0 heterocycles. The second-order valence-electron chi connectivity index (χ2n) is 14.4. The van der Waals surface area contributed by atoms with E-state index in [-0.39, 0.29) is 39.6 Å². The number of carboxylic acid groups (broad SMARTS) is 1. The molecule has 4 fully saturated rings. The summed E-state index contributed by atoms with van der Waals surface area (Å²) in [7, 11) is 0. The van der Waals surface area contributed by atoms with Crippen LogP contribution in [0.15, 0.2) is 12.2 Å². The molecule has 0 aliphatic heterocycles. The predicted molar refractivity (Wildman–Crippen MR) is 135 cm³/mol. The first kappa shape index (κ1) is 25.3. The molecule has 0 saturated heterocycles. The summed E-state index contributed by atoms with van der Waals surface area (Å²) in [5.41, 5.74) is 1.92. The van der Waals surface area contributed by atoms with Crippen LogP contribution in [0.1, 0.15) is 113 Å². The second kappa shape index (κ2) is 7.84. The number of carbonyl (C=O) groups is 1. The van der Waals surface area contributed by atoms with Gasteiger partial charge in [0.25, 0.3) is 0 Å². The number of hydrogen-bond donors (Lipinski definition) is 2. The van der Waals surface area contributed by atoms with Crippen molar-refractivity contribution in [1.82, 2.24) is 0 Å². The molecule has 188 valence electrons. The molecule has 0 unspecified atom stereocenters. The van der Waals surface area contributed by atoms with Crippen molar-refractivity contribution >= 4 is 5.97 Å². The molecule has 0 amide bonds. The molecule has 4 aliphatic rings. The van der Waals surface area contributed by atoms with Gasteiger partial charge < -0.3 is 10.2 Å². The zero-order valence-electron chi connectivity index (χ0n) is 22.5. The first-order valence-corrected chi connectivity index (χ1v) is 13.7. The summed E-state index contributed by atoms with van der Waals surface area (Å²) in [6, 6.07) is 0. The summed E-state index contributed by atoms with van der Waals surface area (Å²) >= 11 is 0. The third kappa shape index (κ3) is 3.41. The van der Waals surface area contributed by atoms with E-state index in [9.17, 15) is 15.0 Å². The van der Waals surface area contributed by atoms with Gasteiger partial charge in [-0.05, 0) is 115 Å². The van der Waals surface area contributed by atoms with E-state index in [0.29, 0.717) is 23.7 Å². The number of aliphatic hydroxyl groups excluding tert-OH is 1. The number of carboxylic acids is 1. The largest absolute Gasteiger partial charge is 0.481 e. The highest BCUT2D eigenvalue weighted by molar-refractivity contribution is 5.66. The van der Waals surface area contributed by atoms with Gasteiger partial charge in [-0.3, -0.25) is 4.79 Å². The zero-order chi connectivity index (χ0) is 24.6. The molecule has 3 nitrogen and oxygen atoms in total. The van der Waals surface area contributed by atoms with Crippen molar-refractivity contribution in [2.24, 2.45) is 50.7 Å². The Morgan fingerprint density at radius 2 is 1.45 bits per heavy atom. The van der Waals surface area contributed by atoms with Gasteiger partial charge in [0.05, 0.1) is 6.10 Å². The molecular weight excluding hydrogens is 408 g/mol. The van der Waals surface area contributed by atoms with Crippen molar-refractivity contribution in [3.8, 4) is 0 Å². The number of allylic oxidation sites excluding steroid dienone is 1. The molecule has 9 atom stereocenters. The fourth-order valence-corrected chi connectivity index (χ4v) is 10.6. The quantitative estimate of drug-likeness (QED) is 0.429. The Bertz CT molecular complexity index is 815. The van der Waals surface area contributed by atoms with E-state index in [1.165, 1.54) is 37.7 Å². The van der Waals surface area contributed by atoms with Crippen LogP contribution in [0.4, 0.5) is 0 Å². The van der Waals surface area contributed by atoms with E-state index >= 15 is 0 Å². The first-order valence-electron chi connectivity index (χ1n) is 13.7. The van der Waals surface area contributed by atoms with Crippen LogP contribution in [0.5, 0.6) is 0 Å². The molecule has 4 rings (SSSR count). The van der Waals surface area contributed by atoms with Crippen molar-refractivity contribution in [3.05, 3.63) is 12.2 Å². The highest BCUT2D eigenvalue weighted by Crippen LogP contribution is 2.76. The molecule has 3 heteroatoms. The molecular formula is C30H50O3. The molecule has 2 N–H and O–H groups in total. The Balaban J connectivity index is 1.73. The zero-order valence-corrected chi connectivity index (χ0v) is 22.5.